The molecule has 2 aromatic carbocycles. The first kappa shape index (κ1) is 27.5. The van der Waals surface area contributed by atoms with Gasteiger partial charge in [0.2, 0.25) is 0 Å². The fourth-order valence-electron chi connectivity index (χ4n) is 4.83. The Morgan fingerprint density at radius 3 is 2.59 bits per heavy atom. The summed E-state index contributed by atoms with van der Waals surface area (Å²) in [5.74, 6) is -1.09. The molecule has 0 unspecified atom stereocenters. The van der Waals surface area contributed by atoms with Crippen molar-refractivity contribution < 1.29 is 27.8 Å². The molecule has 3 aromatic rings. The van der Waals surface area contributed by atoms with Gasteiger partial charge in [0.25, 0.3) is 0 Å². The molecule has 0 saturated carbocycles. The molecule has 1 N–H and O–H groups in total. The molecule has 1 aliphatic heterocycles. The number of fused-ring (bicyclic) bond motifs is 1. The third-order valence-corrected chi connectivity index (χ3v) is 8.46. The quantitative estimate of drug-likeness (QED) is 0.275. The fourth-order valence-corrected chi connectivity index (χ4v) is 6.07. The predicted molar refractivity (Wildman–Crippen MR) is 139 cm³/mol. The van der Waals surface area contributed by atoms with Crippen LogP contribution >= 0.6 is 23.4 Å². The van der Waals surface area contributed by atoms with E-state index in [4.69, 9.17) is 16.3 Å². The van der Waals surface area contributed by atoms with Crippen LogP contribution in [0.3, 0.4) is 0 Å². The molecule has 1 aromatic heterocycles. The largest absolute Gasteiger partial charge is 0.497 e. The fraction of sp³-hybridized carbons (Fsp3) is 0.407. The smallest absolute Gasteiger partial charge is 0.309 e. The Bertz CT molecular complexity index is 1250. The second-order valence-electron chi connectivity index (χ2n) is 9.24. The SMILES string of the molecule is COc1ccc2ncc(Cl)c([C@H](F)CCC3(C(=O)O)CCN(CCSc4c(F)cccc4F)CC3)c2c1. The number of pyridine rings is 1. The summed E-state index contributed by atoms with van der Waals surface area (Å²) < 4.78 is 48.5. The first-order valence-corrected chi connectivity index (χ1v) is 13.4. The monoisotopic (exact) mass is 552 g/mol. The molecular formula is C27H28ClF3N2O3S. The molecule has 1 saturated heterocycles. The van der Waals surface area contributed by atoms with Gasteiger partial charge < -0.3 is 14.7 Å². The van der Waals surface area contributed by atoms with E-state index in [1.54, 1.807) is 18.2 Å². The van der Waals surface area contributed by atoms with Gasteiger partial charge in [-0.15, -0.1) is 11.8 Å². The van der Waals surface area contributed by atoms with Crippen molar-refractivity contribution in [3.63, 3.8) is 0 Å². The number of nitrogens with zero attached hydrogens (tertiary/aromatic N) is 2. The number of hydrogen-bond acceptors (Lipinski definition) is 5. The van der Waals surface area contributed by atoms with Gasteiger partial charge in [-0.3, -0.25) is 9.78 Å². The Labute approximate surface area is 223 Å². The highest BCUT2D eigenvalue weighted by atomic mass is 35.5. The lowest BCUT2D eigenvalue weighted by atomic mass is 9.74. The maximum Gasteiger partial charge on any atom is 0.309 e. The lowest BCUT2D eigenvalue weighted by Gasteiger charge is -2.39. The first-order valence-electron chi connectivity index (χ1n) is 12.0. The van der Waals surface area contributed by atoms with Gasteiger partial charge in [-0.25, -0.2) is 13.2 Å². The van der Waals surface area contributed by atoms with Crippen molar-refractivity contribution in [2.75, 3.05) is 32.5 Å². The molecular weight excluding hydrogens is 525 g/mol. The Morgan fingerprint density at radius 2 is 1.95 bits per heavy atom. The average molecular weight is 553 g/mol. The molecule has 198 valence electrons. The number of piperidine rings is 1. The van der Waals surface area contributed by atoms with Crippen molar-refractivity contribution in [2.45, 2.75) is 36.8 Å². The molecule has 4 rings (SSSR count). The number of thioether (sulfide) groups is 1. The molecule has 1 fully saturated rings. The van der Waals surface area contributed by atoms with Crippen molar-refractivity contribution in [3.05, 3.63) is 64.8 Å². The van der Waals surface area contributed by atoms with Crippen molar-refractivity contribution in [1.29, 1.82) is 0 Å². The summed E-state index contributed by atoms with van der Waals surface area (Å²) in [5, 5.41) is 10.8. The van der Waals surface area contributed by atoms with Gasteiger partial charge >= 0.3 is 5.97 Å². The summed E-state index contributed by atoms with van der Waals surface area (Å²) in [5.41, 5.74) is -0.170. The van der Waals surface area contributed by atoms with Crippen molar-refractivity contribution in [2.24, 2.45) is 5.41 Å². The highest BCUT2D eigenvalue weighted by Gasteiger charge is 2.41. The average Bonchev–Trinajstić information content (AvgIpc) is 2.89. The number of rotatable bonds is 10. The minimum atomic E-state index is -1.47. The minimum Gasteiger partial charge on any atom is -0.497 e. The summed E-state index contributed by atoms with van der Waals surface area (Å²) in [7, 11) is 1.52. The number of halogens is 4. The molecule has 1 atom stereocenters. The van der Waals surface area contributed by atoms with E-state index in [9.17, 15) is 18.7 Å². The van der Waals surface area contributed by atoms with Gasteiger partial charge in [-0.05, 0) is 69.1 Å². The summed E-state index contributed by atoms with van der Waals surface area (Å²) >= 11 is 7.43. The molecule has 1 aliphatic rings. The number of carboxylic acid groups (broad SMARTS) is 1. The van der Waals surface area contributed by atoms with Crippen molar-refractivity contribution in [3.8, 4) is 5.75 Å². The van der Waals surface area contributed by atoms with E-state index in [1.807, 2.05) is 0 Å². The second kappa shape index (κ2) is 11.9. The van der Waals surface area contributed by atoms with Crippen LogP contribution in [0.5, 0.6) is 5.75 Å². The molecule has 5 nitrogen and oxygen atoms in total. The number of benzene rings is 2. The zero-order chi connectivity index (χ0) is 26.6. The van der Waals surface area contributed by atoms with E-state index >= 15 is 4.39 Å². The predicted octanol–water partition coefficient (Wildman–Crippen LogP) is 6.92. The standard InChI is InChI=1S/C27H28ClF3N2O3S/c1-36-17-5-6-23-18(15-17)24(19(28)16-32-23)20(29)7-8-27(26(34)35)9-11-33(12-10-27)13-14-37-25-21(30)3-2-4-22(25)31/h2-6,15-16,20H,7-14H2,1H3,(H,34,35)/t20-/m1/s1. The number of aliphatic carboxylic acids is 1. The molecule has 37 heavy (non-hydrogen) atoms. The summed E-state index contributed by atoms with van der Waals surface area (Å²) in [6.45, 7) is 1.60. The van der Waals surface area contributed by atoms with Crippen LogP contribution in [-0.2, 0) is 4.79 Å². The molecule has 0 spiro atoms. The summed E-state index contributed by atoms with van der Waals surface area (Å²) in [6, 6.07) is 8.93. The second-order valence-corrected chi connectivity index (χ2v) is 10.7. The van der Waals surface area contributed by atoms with Gasteiger partial charge in [0.15, 0.2) is 0 Å². The number of ether oxygens (including phenoxy) is 1. The topological polar surface area (TPSA) is 62.7 Å². The van der Waals surface area contributed by atoms with E-state index in [0.29, 0.717) is 60.4 Å². The number of carboxylic acids is 1. The van der Waals surface area contributed by atoms with Crippen molar-refractivity contribution >= 4 is 40.2 Å². The van der Waals surface area contributed by atoms with Crippen molar-refractivity contribution in [1.82, 2.24) is 9.88 Å². The number of hydrogen-bond donors (Lipinski definition) is 1. The molecule has 0 radical (unpaired) electrons. The normalized spacial score (nSPS) is 16.6. The maximum atomic E-state index is 15.6. The molecule has 0 aliphatic carbocycles. The van der Waals surface area contributed by atoms with Crippen LogP contribution in [0.4, 0.5) is 13.2 Å². The van der Waals surface area contributed by atoms with E-state index in [0.717, 1.165) is 11.8 Å². The van der Waals surface area contributed by atoms with Gasteiger partial charge in [0.1, 0.15) is 23.6 Å². The Hall–Kier alpha value is -2.49. The van der Waals surface area contributed by atoms with E-state index in [2.05, 4.69) is 9.88 Å². The Kier molecular flexibility index (Phi) is 8.87. The highest BCUT2D eigenvalue weighted by Crippen LogP contribution is 2.42. The number of methoxy groups -OCH3 is 1. The first-order chi connectivity index (χ1) is 17.7. The zero-order valence-corrected chi connectivity index (χ0v) is 21.9. The number of likely N-dealkylation sites (tertiary alicyclic amines) is 1. The van der Waals surface area contributed by atoms with Crippen LogP contribution < -0.4 is 4.74 Å². The zero-order valence-electron chi connectivity index (χ0n) is 20.4. The molecule has 10 heteroatoms. The van der Waals surface area contributed by atoms with Gasteiger partial charge in [-0.2, -0.15) is 0 Å². The van der Waals surface area contributed by atoms with Crippen LogP contribution in [0.1, 0.15) is 37.4 Å². The number of alkyl halides is 1. The Morgan fingerprint density at radius 1 is 1.24 bits per heavy atom. The van der Waals surface area contributed by atoms with Crippen LogP contribution in [0.2, 0.25) is 5.02 Å². The van der Waals surface area contributed by atoms with E-state index in [1.165, 1.54) is 31.5 Å². The van der Waals surface area contributed by atoms with E-state index in [-0.39, 0.29) is 22.8 Å². The van der Waals surface area contributed by atoms with Gasteiger partial charge in [0.05, 0.1) is 28.0 Å². The molecule has 0 amide bonds. The molecule has 2 heterocycles. The van der Waals surface area contributed by atoms with Crippen LogP contribution in [0.25, 0.3) is 10.9 Å². The third kappa shape index (κ3) is 6.16. The summed E-state index contributed by atoms with van der Waals surface area (Å²) in [4.78, 5) is 18.6. The van der Waals surface area contributed by atoms with E-state index < -0.39 is 29.2 Å². The number of aromatic nitrogens is 1. The Balaban J connectivity index is 1.38. The minimum absolute atomic E-state index is 0.00472. The lowest BCUT2D eigenvalue weighted by Crippen LogP contribution is -2.45. The summed E-state index contributed by atoms with van der Waals surface area (Å²) in [6.07, 6.45) is 0.848. The van der Waals surface area contributed by atoms with Gasteiger partial charge in [0, 0.05) is 29.4 Å². The van der Waals surface area contributed by atoms with Crippen LogP contribution in [0, 0.1) is 17.0 Å². The van der Waals surface area contributed by atoms with Gasteiger partial charge in [-0.1, -0.05) is 17.7 Å². The van der Waals surface area contributed by atoms with Crippen LogP contribution in [-0.4, -0.2) is 53.5 Å². The van der Waals surface area contributed by atoms with Crippen LogP contribution in [0.15, 0.2) is 47.5 Å². The lowest BCUT2D eigenvalue weighted by molar-refractivity contribution is -0.153. The number of carbonyl (C=O) groups is 1. The molecule has 0 bridgehead atoms. The maximum absolute atomic E-state index is 15.6. The third-order valence-electron chi connectivity index (χ3n) is 7.10. The highest BCUT2D eigenvalue weighted by molar-refractivity contribution is 7.99.